The monoisotopic (exact) mass is 353 g/mol. The highest BCUT2D eigenvalue weighted by atomic mass is 16.5. The molecule has 3 heterocycles. The van der Waals surface area contributed by atoms with Gasteiger partial charge in [-0.15, -0.1) is 0 Å². The first-order valence-corrected chi connectivity index (χ1v) is 8.92. The van der Waals surface area contributed by atoms with Crippen LogP contribution in [0, 0.1) is 6.92 Å². The molecular formula is C20H23N3O3. The third-order valence-electron chi connectivity index (χ3n) is 4.62. The maximum atomic E-state index is 12.5. The van der Waals surface area contributed by atoms with Gasteiger partial charge in [-0.25, -0.2) is 0 Å². The number of hydrogen-bond donors (Lipinski definition) is 3. The molecule has 0 radical (unpaired) electrons. The van der Waals surface area contributed by atoms with E-state index in [1.807, 2.05) is 13.0 Å². The van der Waals surface area contributed by atoms with E-state index in [1.54, 1.807) is 0 Å². The molecule has 0 saturated carbocycles. The highest BCUT2D eigenvalue weighted by molar-refractivity contribution is 6.01. The molecule has 4 rings (SSSR count). The number of fused-ring (bicyclic) bond motifs is 2. The van der Waals surface area contributed by atoms with Crippen molar-refractivity contribution in [1.29, 1.82) is 0 Å². The van der Waals surface area contributed by atoms with E-state index in [4.69, 9.17) is 9.47 Å². The van der Waals surface area contributed by atoms with Crippen LogP contribution in [0.3, 0.4) is 0 Å². The fraction of sp³-hybridized carbons (Fsp3) is 0.350. The average molecular weight is 353 g/mol. The molecule has 2 aromatic rings. The molecule has 26 heavy (non-hydrogen) atoms. The summed E-state index contributed by atoms with van der Waals surface area (Å²) >= 11 is 0. The van der Waals surface area contributed by atoms with Crippen LogP contribution < -0.4 is 10.6 Å². The number of aromatic amines is 1. The molecule has 2 aliphatic heterocycles. The molecule has 2 bridgehead atoms. The molecule has 0 atom stereocenters. The predicted molar refractivity (Wildman–Crippen MR) is 101 cm³/mol. The van der Waals surface area contributed by atoms with E-state index in [0.717, 1.165) is 40.3 Å². The normalized spacial score (nSPS) is 19.9. The minimum absolute atomic E-state index is 0.0897. The zero-order valence-electron chi connectivity index (χ0n) is 14.9. The van der Waals surface area contributed by atoms with Gasteiger partial charge in [0.05, 0.1) is 37.7 Å². The van der Waals surface area contributed by atoms with E-state index in [1.165, 1.54) is 0 Å². The molecule has 0 saturated heterocycles. The first kappa shape index (κ1) is 16.9. The number of aromatic nitrogens is 1. The number of nitrogens with one attached hydrogen (secondary N) is 3. The van der Waals surface area contributed by atoms with Gasteiger partial charge in [0.15, 0.2) is 0 Å². The lowest BCUT2D eigenvalue weighted by atomic mass is 10.0. The van der Waals surface area contributed by atoms with Crippen LogP contribution in [0.4, 0.5) is 5.69 Å². The molecule has 2 aliphatic rings. The lowest BCUT2D eigenvalue weighted by Gasteiger charge is -2.10. The summed E-state index contributed by atoms with van der Waals surface area (Å²) in [4.78, 5) is 15.8. The topological polar surface area (TPSA) is 75.4 Å². The molecule has 6 heteroatoms. The predicted octanol–water partition coefficient (Wildman–Crippen LogP) is 2.57. The molecule has 6 nitrogen and oxygen atoms in total. The van der Waals surface area contributed by atoms with Crippen LogP contribution in [0.5, 0.6) is 0 Å². The number of carbonyl (C=O) groups is 1. The zero-order valence-corrected chi connectivity index (χ0v) is 14.9. The van der Waals surface area contributed by atoms with Crippen molar-refractivity contribution in [2.75, 3.05) is 38.2 Å². The van der Waals surface area contributed by atoms with Gasteiger partial charge in [0.25, 0.3) is 5.91 Å². The fourth-order valence-electron chi connectivity index (χ4n) is 3.34. The van der Waals surface area contributed by atoms with Crippen molar-refractivity contribution in [2.45, 2.75) is 13.5 Å². The summed E-state index contributed by atoms with van der Waals surface area (Å²) in [5.41, 5.74) is 7.02. The van der Waals surface area contributed by atoms with Gasteiger partial charge in [-0.2, -0.15) is 0 Å². The Kier molecular flexibility index (Phi) is 4.77. The Morgan fingerprint density at radius 3 is 2.81 bits per heavy atom. The Morgan fingerprint density at radius 2 is 1.88 bits per heavy atom. The summed E-state index contributed by atoms with van der Waals surface area (Å²) in [6.07, 6.45) is 2.06. The van der Waals surface area contributed by atoms with E-state index >= 15 is 0 Å². The summed E-state index contributed by atoms with van der Waals surface area (Å²) in [5, 5.41) is 6.33. The summed E-state index contributed by atoms with van der Waals surface area (Å²) in [6.45, 7) is 5.26. The van der Waals surface area contributed by atoms with Gasteiger partial charge in [0.2, 0.25) is 0 Å². The van der Waals surface area contributed by atoms with Crippen LogP contribution in [-0.4, -0.2) is 43.8 Å². The van der Waals surface area contributed by atoms with E-state index in [0.29, 0.717) is 38.5 Å². The number of rotatable bonds is 0. The Morgan fingerprint density at radius 1 is 1.00 bits per heavy atom. The molecular weight excluding hydrogens is 330 g/mol. The van der Waals surface area contributed by atoms with Gasteiger partial charge in [0, 0.05) is 30.0 Å². The Balaban J connectivity index is 1.72. The summed E-state index contributed by atoms with van der Waals surface area (Å²) in [7, 11) is 0. The summed E-state index contributed by atoms with van der Waals surface area (Å²) in [5.74, 6) is -0.0897. The Bertz CT molecular complexity index is 854. The second kappa shape index (κ2) is 7.35. The van der Waals surface area contributed by atoms with Crippen molar-refractivity contribution < 1.29 is 14.3 Å². The lowest BCUT2D eigenvalue weighted by Crippen LogP contribution is -2.27. The number of anilines is 1. The third kappa shape index (κ3) is 3.52. The molecule has 0 fully saturated rings. The molecule has 3 N–H and O–H groups in total. The number of ether oxygens (including phenoxy) is 2. The van der Waals surface area contributed by atoms with Gasteiger partial charge >= 0.3 is 0 Å². The number of aryl methyl sites for hydroxylation is 1. The number of hydrogen-bond acceptors (Lipinski definition) is 4. The summed E-state index contributed by atoms with van der Waals surface area (Å²) < 4.78 is 11.2. The van der Waals surface area contributed by atoms with Crippen molar-refractivity contribution in [3.05, 3.63) is 52.3 Å². The molecule has 0 unspecified atom stereocenters. The van der Waals surface area contributed by atoms with Crippen molar-refractivity contribution >= 4 is 23.2 Å². The molecule has 136 valence electrons. The van der Waals surface area contributed by atoms with Gasteiger partial charge in [0.1, 0.15) is 0 Å². The highest BCUT2D eigenvalue weighted by Crippen LogP contribution is 2.33. The SMILES string of the molecule is Cc1cc2c([nH]1)/C=C1\CNc3ccc(cc31)COCCOCCNC2=O. The van der Waals surface area contributed by atoms with Crippen molar-refractivity contribution in [1.82, 2.24) is 10.3 Å². The second-order valence-corrected chi connectivity index (χ2v) is 6.60. The lowest BCUT2D eigenvalue weighted by molar-refractivity contribution is 0.0412. The van der Waals surface area contributed by atoms with Crippen molar-refractivity contribution in [3.63, 3.8) is 0 Å². The van der Waals surface area contributed by atoms with Gasteiger partial charge in [-0.1, -0.05) is 6.07 Å². The Labute approximate surface area is 152 Å². The molecule has 1 amide bonds. The zero-order chi connectivity index (χ0) is 17.9. The van der Waals surface area contributed by atoms with Crippen LogP contribution in [-0.2, 0) is 16.1 Å². The average Bonchev–Trinajstić information content (AvgIpc) is 3.20. The smallest absolute Gasteiger partial charge is 0.253 e. The second-order valence-electron chi connectivity index (χ2n) is 6.60. The van der Waals surface area contributed by atoms with Crippen LogP contribution in [0.2, 0.25) is 0 Å². The third-order valence-corrected chi connectivity index (χ3v) is 4.62. The van der Waals surface area contributed by atoms with Gasteiger partial charge in [-0.05, 0) is 42.3 Å². The first-order valence-electron chi connectivity index (χ1n) is 8.92. The van der Waals surface area contributed by atoms with Gasteiger partial charge in [-0.3, -0.25) is 4.79 Å². The van der Waals surface area contributed by atoms with Crippen molar-refractivity contribution in [2.24, 2.45) is 0 Å². The molecule has 1 aromatic heterocycles. The van der Waals surface area contributed by atoms with E-state index in [-0.39, 0.29) is 5.91 Å². The highest BCUT2D eigenvalue weighted by Gasteiger charge is 2.19. The number of carbonyl (C=O) groups excluding carboxylic acids is 1. The van der Waals surface area contributed by atoms with E-state index < -0.39 is 0 Å². The summed E-state index contributed by atoms with van der Waals surface area (Å²) in [6, 6.07) is 8.21. The number of benzene rings is 1. The molecule has 0 spiro atoms. The first-order chi connectivity index (χ1) is 12.7. The van der Waals surface area contributed by atoms with Crippen LogP contribution in [0.25, 0.3) is 11.6 Å². The van der Waals surface area contributed by atoms with Crippen LogP contribution in [0.1, 0.15) is 32.9 Å². The fourth-order valence-corrected chi connectivity index (χ4v) is 3.34. The Hall–Kier alpha value is -2.57. The number of amides is 1. The quantitative estimate of drug-likeness (QED) is 0.680. The van der Waals surface area contributed by atoms with Crippen LogP contribution in [0.15, 0.2) is 24.3 Å². The molecule has 1 aromatic carbocycles. The minimum atomic E-state index is -0.0897. The van der Waals surface area contributed by atoms with Crippen LogP contribution >= 0.6 is 0 Å². The van der Waals surface area contributed by atoms with E-state index in [9.17, 15) is 4.79 Å². The molecule has 0 aliphatic carbocycles. The maximum Gasteiger partial charge on any atom is 0.253 e. The standard InChI is InChI=1S/C20H23N3O3/c1-13-8-17-19(23-13)10-15-11-22-18-3-2-14(9-16(15)18)12-26-7-6-25-5-4-21-20(17)24/h2-3,8-10,22-23H,4-7,11-12H2,1H3,(H,21,24)/b15-10+. The van der Waals surface area contributed by atoms with E-state index in [2.05, 4.69) is 39.9 Å². The van der Waals surface area contributed by atoms with Crippen molar-refractivity contribution in [3.8, 4) is 0 Å². The number of H-pyrrole nitrogens is 1. The maximum absolute atomic E-state index is 12.5. The van der Waals surface area contributed by atoms with Gasteiger partial charge < -0.3 is 25.1 Å². The minimum Gasteiger partial charge on any atom is -0.380 e. The largest absolute Gasteiger partial charge is 0.380 e.